The van der Waals surface area contributed by atoms with Crippen LogP contribution in [0.4, 0.5) is 26.7 Å². The van der Waals surface area contributed by atoms with Gasteiger partial charge in [0.15, 0.2) is 5.75 Å². The summed E-state index contributed by atoms with van der Waals surface area (Å²) < 4.78 is 74.8. The van der Waals surface area contributed by atoms with Gasteiger partial charge in [0.2, 0.25) is 5.43 Å². The fourth-order valence-electron chi connectivity index (χ4n) is 2.75. The fraction of sp³-hybridized carbons (Fsp3) is 0.111. The van der Waals surface area contributed by atoms with Gasteiger partial charge < -0.3 is 19.1 Å². The number of nitrogens with zero attached hydrogens (tertiary/aromatic N) is 1. The number of carbonyl (C=O) groups is 1. The monoisotopic (exact) mass is 415 g/mol. The van der Waals surface area contributed by atoms with Crippen molar-refractivity contribution in [1.82, 2.24) is 4.57 Å². The molecule has 1 heterocycles. The van der Waals surface area contributed by atoms with Crippen molar-refractivity contribution in [3.05, 3.63) is 70.0 Å². The highest BCUT2D eigenvalue weighted by molar-refractivity contribution is 5.82. The molecule has 152 valence electrons. The molecular weight excluding hydrogens is 405 g/mol. The Kier molecular flexibility index (Phi) is 5.14. The molecule has 0 unspecified atom stereocenters. The van der Waals surface area contributed by atoms with E-state index in [0.717, 1.165) is 29.0 Å². The first-order valence-electron chi connectivity index (χ1n) is 7.82. The average molecular weight is 415 g/mol. The number of hydrogen-bond acceptors (Lipinski definition) is 4. The lowest BCUT2D eigenvalue weighted by Gasteiger charge is -2.15. The molecule has 1 aromatic heterocycles. The molecule has 0 saturated heterocycles. The first-order valence-corrected chi connectivity index (χ1v) is 7.82. The molecule has 29 heavy (non-hydrogen) atoms. The molecule has 0 aliphatic rings. The van der Waals surface area contributed by atoms with Gasteiger partial charge in [0, 0.05) is 6.54 Å². The molecule has 6 nitrogen and oxygen atoms in total. The lowest BCUT2D eigenvalue weighted by atomic mass is 10.1. The lowest BCUT2D eigenvalue weighted by Crippen LogP contribution is -2.19. The molecule has 0 fully saturated rings. The molecule has 0 amide bonds. The van der Waals surface area contributed by atoms with Crippen molar-refractivity contribution < 1.29 is 41.3 Å². The van der Waals surface area contributed by atoms with Crippen molar-refractivity contribution in [2.45, 2.75) is 12.9 Å². The summed E-state index contributed by atoms with van der Waals surface area (Å²) in [5.41, 5.74) is -1.53. The van der Waals surface area contributed by atoms with Crippen LogP contribution in [0.5, 0.6) is 11.5 Å². The number of fused-ring (bicyclic) bond motifs is 1. The van der Waals surface area contributed by atoms with Gasteiger partial charge in [-0.25, -0.2) is 13.6 Å². The topological polar surface area (TPSA) is 77.8 Å². The zero-order chi connectivity index (χ0) is 21.3. The number of pyridine rings is 1. The van der Waals surface area contributed by atoms with E-state index < -0.39 is 52.0 Å². The Morgan fingerprint density at radius 3 is 2.45 bits per heavy atom. The Balaban J connectivity index is 2.15. The minimum Gasteiger partial charge on any atom is -0.449 e. The standard InChI is InChI=1S/C18H10F5NO5/c19-11-4-5-12(20)15-14(11)16(25)13(28-17(26)27)8-24(15)7-9-2-1-3-10(6-9)29-18(21,22)23/h1-6,8H,7H2,(H,26,27). The zero-order valence-electron chi connectivity index (χ0n) is 14.2. The fourth-order valence-corrected chi connectivity index (χ4v) is 2.75. The van der Waals surface area contributed by atoms with Gasteiger partial charge in [-0.1, -0.05) is 12.1 Å². The summed E-state index contributed by atoms with van der Waals surface area (Å²) >= 11 is 0. The van der Waals surface area contributed by atoms with Gasteiger partial charge in [-0.2, -0.15) is 0 Å². The van der Waals surface area contributed by atoms with Crippen molar-refractivity contribution in [2.24, 2.45) is 0 Å². The number of hydrogen-bond donors (Lipinski definition) is 1. The van der Waals surface area contributed by atoms with E-state index in [1.54, 1.807) is 0 Å². The Labute approximate surface area is 158 Å². The average Bonchev–Trinajstić information content (AvgIpc) is 2.59. The Morgan fingerprint density at radius 2 is 1.79 bits per heavy atom. The van der Waals surface area contributed by atoms with Gasteiger partial charge in [0.1, 0.15) is 17.4 Å². The maximum Gasteiger partial charge on any atom is 0.573 e. The summed E-state index contributed by atoms with van der Waals surface area (Å²) in [6, 6.07) is 6.11. The quantitative estimate of drug-likeness (QED) is 0.508. The minimum atomic E-state index is -4.93. The van der Waals surface area contributed by atoms with Crippen molar-refractivity contribution in [1.29, 1.82) is 0 Å². The Bertz CT molecular complexity index is 1160. The highest BCUT2D eigenvalue weighted by atomic mass is 19.4. The van der Waals surface area contributed by atoms with E-state index in [9.17, 15) is 31.5 Å². The van der Waals surface area contributed by atoms with Crippen LogP contribution in [0, 0.1) is 11.6 Å². The third kappa shape index (κ3) is 4.45. The van der Waals surface area contributed by atoms with Crippen molar-refractivity contribution in [2.75, 3.05) is 0 Å². The molecule has 0 atom stereocenters. The van der Waals surface area contributed by atoms with Crippen LogP contribution in [0.2, 0.25) is 0 Å². The summed E-state index contributed by atoms with van der Waals surface area (Å²) in [4.78, 5) is 23.1. The van der Waals surface area contributed by atoms with Crippen LogP contribution in [0.15, 0.2) is 47.4 Å². The number of benzene rings is 2. The molecule has 0 radical (unpaired) electrons. The minimum absolute atomic E-state index is 0.168. The largest absolute Gasteiger partial charge is 0.573 e. The lowest BCUT2D eigenvalue weighted by molar-refractivity contribution is -0.274. The summed E-state index contributed by atoms with van der Waals surface area (Å²) in [7, 11) is 0. The molecule has 0 saturated carbocycles. The summed E-state index contributed by atoms with van der Waals surface area (Å²) in [6.07, 6.45) is -5.95. The molecule has 3 aromatic rings. The molecule has 0 aliphatic heterocycles. The van der Waals surface area contributed by atoms with E-state index in [4.69, 9.17) is 5.11 Å². The normalized spacial score (nSPS) is 11.5. The van der Waals surface area contributed by atoms with Gasteiger partial charge >= 0.3 is 12.5 Å². The van der Waals surface area contributed by atoms with E-state index in [2.05, 4.69) is 9.47 Å². The van der Waals surface area contributed by atoms with Crippen LogP contribution < -0.4 is 14.9 Å². The van der Waals surface area contributed by atoms with Crippen LogP contribution in [0.3, 0.4) is 0 Å². The van der Waals surface area contributed by atoms with Crippen LogP contribution >= 0.6 is 0 Å². The number of rotatable bonds is 4. The van der Waals surface area contributed by atoms with Crippen LogP contribution in [-0.2, 0) is 6.54 Å². The third-order valence-electron chi connectivity index (χ3n) is 3.77. The number of halogens is 5. The van der Waals surface area contributed by atoms with Crippen molar-refractivity contribution in [3.63, 3.8) is 0 Å². The van der Waals surface area contributed by atoms with Crippen LogP contribution in [0.1, 0.15) is 5.56 Å². The smallest absolute Gasteiger partial charge is 0.449 e. The van der Waals surface area contributed by atoms with E-state index in [0.29, 0.717) is 6.07 Å². The zero-order valence-corrected chi connectivity index (χ0v) is 14.2. The van der Waals surface area contributed by atoms with E-state index >= 15 is 0 Å². The van der Waals surface area contributed by atoms with E-state index in [-0.39, 0.29) is 12.1 Å². The maximum atomic E-state index is 14.3. The Hall–Kier alpha value is -3.63. The van der Waals surface area contributed by atoms with E-state index in [1.807, 2.05) is 0 Å². The molecule has 1 N–H and O–H groups in total. The van der Waals surface area contributed by atoms with Gasteiger partial charge in [0.05, 0.1) is 17.1 Å². The second-order valence-corrected chi connectivity index (χ2v) is 5.77. The number of carboxylic acid groups (broad SMARTS) is 1. The molecule has 2 aromatic carbocycles. The Morgan fingerprint density at radius 1 is 1.10 bits per heavy atom. The molecule has 11 heteroatoms. The molecular formula is C18H10F5NO5. The second kappa shape index (κ2) is 7.41. The first kappa shape index (κ1) is 20.1. The highest BCUT2D eigenvalue weighted by Gasteiger charge is 2.31. The van der Waals surface area contributed by atoms with Gasteiger partial charge in [-0.15, -0.1) is 13.2 Å². The molecule has 0 bridgehead atoms. The molecule has 0 spiro atoms. The van der Waals surface area contributed by atoms with Crippen LogP contribution in [0.25, 0.3) is 10.9 Å². The summed E-state index contributed by atoms with van der Waals surface area (Å²) in [5, 5.41) is 7.99. The van der Waals surface area contributed by atoms with Gasteiger partial charge in [-0.05, 0) is 29.8 Å². The van der Waals surface area contributed by atoms with Crippen molar-refractivity contribution >= 4 is 17.1 Å². The first-order chi connectivity index (χ1) is 13.5. The third-order valence-corrected chi connectivity index (χ3v) is 3.77. The molecule has 3 rings (SSSR count). The SMILES string of the molecule is O=C(O)Oc1cn(Cc2cccc(OC(F)(F)F)c2)c2c(F)ccc(F)c2c1=O. The summed E-state index contributed by atoms with van der Waals surface area (Å²) in [6.45, 7) is -0.345. The van der Waals surface area contributed by atoms with Gasteiger partial charge in [0.25, 0.3) is 0 Å². The number of aromatic nitrogens is 1. The maximum absolute atomic E-state index is 14.3. The summed E-state index contributed by atoms with van der Waals surface area (Å²) in [5.74, 6) is -3.46. The van der Waals surface area contributed by atoms with Crippen molar-refractivity contribution in [3.8, 4) is 11.5 Å². The predicted molar refractivity (Wildman–Crippen MR) is 89.0 cm³/mol. The van der Waals surface area contributed by atoms with E-state index in [1.165, 1.54) is 12.1 Å². The molecule has 0 aliphatic carbocycles. The van der Waals surface area contributed by atoms with Crippen LogP contribution in [-0.4, -0.2) is 22.2 Å². The number of ether oxygens (including phenoxy) is 2. The predicted octanol–water partition coefficient (Wildman–Crippen LogP) is 4.28. The highest BCUT2D eigenvalue weighted by Crippen LogP contribution is 2.26. The van der Waals surface area contributed by atoms with Gasteiger partial charge in [-0.3, -0.25) is 4.79 Å². The second-order valence-electron chi connectivity index (χ2n) is 5.77. The number of alkyl halides is 3.